The SMILES string of the molecule is CC(C)CC(=O)N1CCN(c2ccc(NC(=O)c3ccco3)cc2)CC1. The average Bonchev–Trinajstić information content (AvgIpc) is 3.17. The van der Waals surface area contributed by atoms with Crippen LogP contribution in [-0.4, -0.2) is 42.9 Å². The largest absolute Gasteiger partial charge is 0.459 e. The molecule has 0 atom stereocenters. The number of nitrogens with one attached hydrogen (secondary N) is 1. The third kappa shape index (κ3) is 4.45. The number of carbonyl (C=O) groups excluding carboxylic acids is 2. The topological polar surface area (TPSA) is 65.8 Å². The molecule has 3 rings (SSSR count). The Kier molecular flexibility index (Phi) is 5.61. The van der Waals surface area contributed by atoms with E-state index in [2.05, 4.69) is 24.1 Å². The summed E-state index contributed by atoms with van der Waals surface area (Å²) in [6, 6.07) is 11.1. The van der Waals surface area contributed by atoms with Crippen molar-refractivity contribution in [3.63, 3.8) is 0 Å². The Balaban J connectivity index is 1.53. The number of furan rings is 1. The van der Waals surface area contributed by atoms with Crippen LogP contribution >= 0.6 is 0 Å². The van der Waals surface area contributed by atoms with Crippen LogP contribution in [0.2, 0.25) is 0 Å². The lowest BCUT2D eigenvalue weighted by atomic mass is 10.1. The van der Waals surface area contributed by atoms with Crippen molar-refractivity contribution in [2.45, 2.75) is 20.3 Å². The van der Waals surface area contributed by atoms with Crippen molar-refractivity contribution >= 4 is 23.2 Å². The van der Waals surface area contributed by atoms with E-state index in [-0.39, 0.29) is 17.6 Å². The second-order valence-electron chi connectivity index (χ2n) is 6.94. The zero-order chi connectivity index (χ0) is 18.5. The lowest BCUT2D eigenvalue weighted by Crippen LogP contribution is -2.49. The van der Waals surface area contributed by atoms with Gasteiger partial charge in [-0.1, -0.05) is 13.8 Å². The first-order valence-electron chi connectivity index (χ1n) is 9.00. The molecule has 0 aliphatic carbocycles. The molecule has 2 heterocycles. The van der Waals surface area contributed by atoms with Crippen molar-refractivity contribution in [3.8, 4) is 0 Å². The van der Waals surface area contributed by atoms with E-state index in [0.717, 1.165) is 37.6 Å². The van der Waals surface area contributed by atoms with Crippen molar-refractivity contribution in [2.24, 2.45) is 5.92 Å². The second kappa shape index (κ2) is 8.08. The Morgan fingerprint density at radius 1 is 1.08 bits per heavy atom. The zero-order valence-electron chi connectivity index (χ0n) is 15.3. The molecule has 1 aliphatic heterocycles. The van der Waals surface area contributed by atoms with E-state index < -0.39 is 0 Å². The van der Waals surface area contributed by atoms with Gasteiger partial charge in [0.25, 0.3) is 5.91 Å². The summed E-state index contributed by atoms with van der Waals surface area (Å²) >= 11 is 0. The van der Waals surface area contributed by atoms with Gasteiger partial charge in [0.05, 0.1) is 6.26 Å². The monoisotopic (exact) mass is 355 g/mol. The van der Waals surface area contributed by atoms with E-state index in [0.29, 0.717) is 12.3 Å². The first kappa shape index (κ1) is 18.0. The molecule has 0 radical (unpaired) electrons. The number of piperazine rings is 1. The molecular formula is C20H25N3O3. The number of hydrogen-bond donors (Lipinski definition) is 1. The summed E-state index contributed by atoms with van der Waals surface area (Å²) < 4.78 is 5.09. The summed E-state index contributed by atoms with van der Waals surface area (Å²) in [5.74, 6) is 0.663. The van der Waals surface area contributed by atoms with Crippen LogP contribution < -0.4 is 10.2 Å². The van der Waals surface area contributed by atoms with Gasteiger partial charge in [-0.25, -0.2) is 0 Å². The van der Waals surface area contributed by atoms with E-state index in [9.17, 15) is 9.59 Å². The molecule has 1 aromatic carbocycles. The molecule has 1 saturated heterocycles. The number of hydrogen-bond acceptors (Lipinski definition) is 4. The Hall–Kier alpha value is -2.76. The van der Waals surface area contributed by atoms with Gasteiger partial charge in [-0.3, -0.25) is 9.59 Å². The highest BCUT2D eigenvalue weighted by atomic mass is 16.3. The standard InChI is InChI=1S/C20H25N3O3/c1-15(2)14-19(24)23-11-9-22(10-12-23)17-7-5-16(6-8-17)21-20(25)18-4-3-13-26-18/h3-8,13,15H,9-12,14H2,1-2H3,(H,21,25). The molecule has 1 aliphatic rings. The molecule has 1 fully saturated rings. The predicted molar refractivity (Wildman–Crippen MR) is 101 cm³/mol. The van der Waals surface area contributed by atoms with Crippen LogP contribution in [0.4, 0.5) is 11.4 Å². The lowest BCUT2D eigenvalue weighted by molar-refractivity contribution is -0.132. The van der Waals surface area contributed by atoms with Gasteiger partial charge >= 0.3 is 0 Å². The van der Waals surface area contributed by atoms with Crippen LogP contribution in [0.5, 0.6) is 0 Å². The van der Waals surface area contributed by atoms with Crippen LogP contribution in [0, 0.1) is 5.92 Å². The van der Waals surface area contributed by atoms with Gasteiger partial charge in [-0.05, 0) is 42.3 Å². The van der Waals surface area contributed by atoms with Crippen molar-refractivity contribution in [1.82, 2.24) is 4.90 Å². The number of rotatable bonds is 5. The molecular weight excluding hydrogens is 330 g/mol. The van der Waals surface area contributed by atoms with Gasteiger partial charge in [0.1, 0.15) is 0 Å². The molecule has 2 aromatic rings. The predicted octanol–water partition coefficient (Wildman–Crippen LogP) is 3.23. The Labute approximate surface area is 153 Å². The minimum Gasteiger partial charge on any atom is -0.459 e. The van der Waals surface area contributed by atoms with Gasteiger partial charge in [0.2, 0.25) is 5.91 Å². The zero-order valence-corrected chi connectivity index (χ0v) is 15.3. The van der Waals surface area contributed by atoms with E-state index >= 15 is 0 Å². The molecule has 6 heteroatoms. The maximum atomic E-state index is 12.2. The Bertz CT molecular complexity index is 730. The average molecular weight is 355 g/mol. The summed E-state index contributed by atoms with van der Waals surface area (Å²) in [6.07, 6.45) is 2.09. The first-order valence-corrected chi connectivity index (χ1v) is 9.00. The van der Waals surface area contributed by atoms with Gasteiger partial charge in [0.15, 0.2) is 5.76 Å². The van der Waals surface area contributed by atoms with Gasteiger partial charge < -0.3 is 19.5 Å². The van der Waals surface area contributed by atoms with Gasteiger partial charge in [0, 0.05) is 44.0 Å². The van der Waals surface area contributed by atoms with Crippen LogP contribution in [0.1, 0.15) is 30.8 Å². The quantitative estimate of drug-likeness (QED) is 0.894. The molecule has 0 bridgehead atoms. The molecule has 138 valence electrons. The molecule has 6 nitrogen and oxygen atoms in total. The molecule has 0 unspecified atom stereocenters. The summed E-state index contributed by atoms with van der Waals surface area (Å²) in [5.41, 5.74) is 1.82. The number of nitrogens with zero attached hydrogens (tertiary/aromatic N) is 2. The van der Waals surface area contributed by atoms with Crippen LogP contribution in [0.25, 0.3) is 0 Å². The second-order valence-corrected chi connectivity index (χ2v) is 6.94. The highest BCUT2D eigenvalue weighted by Gasteiger charge is 2.21. The number of benzene rings is 1. The summed E-state index contributed by atoms with van der Waals surface area (Å²) in [6.45, 7) is 7.29. The summed E-state index contributed by atoms with van der Waals surface area (Å²) in [4.78, 5) is 28.4. The maximum absolute atomic E-state index is 12.2. The molecule has 26 heavy (non-hydrogen) atoms. The fourth-order valence-electron chi connectivity index (χ4n) is 3.05. The Morgan fingerprint density at radius 3 is 2.35 bits per heavy atom. The van der Waals surface area contributed by atoms with Gasteiger partial charge in [-0.2, -0.15) is 0 Å². The third-order valence-electron chi connectivity index (χ3n) is 4.45. The maximum Gasteiger partial charge on any atom is 0.291 e. The normalized spacial score (nSPS) is 14.6. The fraction of sp³-hybridized carbons (Fsp3) is 0.400. The lowest BCUT2D eigenvalue weighted by Gasteiger charge is -2.36. The Morgan fingerprint density at radius 2 is 1.77 bits per heavy atom. The van der Waals surface area contributed by atoms with Crippen LogP contribution in [-0.2, 0) is 4.79 Å². The highest BCUT2D eigenvalue weighted by Crippen LogP contribution is 2.20. The molecule has 1 aromatic heterocycles. The molecule has 0 spiro atoms. The van der Waals surface area contributed by atoms with Gasteiger partial charge in [-0.15, -0.1) is 0 Å². The van der Waals surface area contributed by atoms with Crippen molar-refractivity contribution in [2.75, 3.05) is 36.4 Å². The van der Waals surface area contributed by atoms with E-state index in [1.165, 1.54) is 6.26 Å². The van der Waals surface area contributed by atoms with E-state index in [1.54, 1.807) is 12.1 Å². The van der Waals surface area contributed by atoms with E-state index in [1.807, 2.05) is 29.2 Å². The first-order chi connectivity index (χ1) is 12.5. The number of anilines is 2. The van der Waals surface area contributed by atoms with Crippen molar-refractivity contribution in [1.29, 1.82) is 0 Å². The van der Waals surface area contributed by atoms with Crippen LogP contribution in [0.15, 0.2) is 47.1 Å². The number of carbonyl (C=O) groups is 2. The van der Waals surface area contributed by atoms with E-state index in [4.69, 9.17) is 4.42 Å². The summed E-state index contributed by atoms with van der Waals surface area (Å²) in [7, 11) is 0. The highest BCUT2D eigenvalue weighted by molar-refractivity contribution is 6.02. The minimum absolute atomic E-state index is 0.246. The number of amides is 2. The fourth-order valence-corrected chi connectivity index (χ4v) is 3.05. The van der Waals surface area contributed by atoms with Crippen LogP contribution in [0.3, 0.4) is 0 Å². The van der Waals surface area contributed by atoms with Crippen molar-refractivity contribution < 1.29 is 14.0 Å². The molecule has 2 amide bonds. The smallest absolute Gasteiger partial charge is 0.291 e. The third-order valence-corrected chi connectivity index (χ3v) is 4.45. The van der Waals surface area contributed by atoms with Crippen molar-refractivity contribution in [3.05, 3.63) is 48.4 Å². The molecule has 0 saturated carbocycles. The summed E-state index contributed by atoms with van der Waals surface area (Å²) in [5, 5.41) is 2.81. The minimum atomic E-state index is -0.264. The molecule has 1 N–H and O–H groups in total.